The van der Waals surface area contributed by atoms with Gasteiger partial charge in [0.1, 0.15) is 0 Å². The Bertz CT molecular complexity index is 482. The summed E-state index contributed by atoms with van der Waals surface area (Å²) < 4.78 is 23.6. The summed E-state index contributed by atoms with van der Waals surface area (Å²) in [4.78, 5) is 11.8. The molecule has 1 aromatic rings. The molecule has 4 nitrogen and oxygen atoms in total. The van der Waals surface area contributed by atoms with Crippen LogP contribution in [0.4, 0.5) is 0 Å². The Morgan fingerprint density at radius 1 is 1.33 bits per heavy atom. The van der Waals surface area contributed by atoms with E-state index in [9.17, 15) is 13.2 Å². The maximum atomic E-state index is 11.8. The zero-order valence-corrected chi connectivity index (χ0v) is 11.7. The summed E-state index contributed by atoms with van der Waals surface area (Å²) in [5, 5.41) is 7.56. The second-order valence-corrected chi connectivity index (χ2v) is 7.23. The molecule has 1 rings (SSSR count). The molecule has 0 saturated carbocycles. The van der Waals surface area contributed by atoms with Crippen molar-refractivity contribution >= 4 is 27.6 Å². The first kappa shape index (κ1) is 15.0. The van der Waals surface area contributed by atoms with E-state index in [-0.39, 0.29) is 12.2 Å². The third-order valence-electron chi connectivity index (χ3n) is 2.46. The molecule has 0 aliphatic carbocycles. The van der Waals surface area contributed by atoms with Crippen LogP contribution in [-0.4, -0.2) is 36.2 Å². The van der Waals surface area contributed by atoms with Gasteiger partial charge in [0.2, 0.25) is 0 Å². The van der Waals surface area contributed by atoms with Crippen molar-refractivity contribution in [3.63, 3.8) is 0 Å². The molecular weight excluding hydrogens is 272 g/mol. The van der Waals surface area contributed by atoms with Crippen LogP contribution in [0.1, 0.15) is 13.3 Å². The largest absolute Gasteiger partial charge is 0.480 e. The molecule has 0 radical (unpaired) electrons. The van der Waals surface area contributed by atoms with Crippen LogP contribution in [0.2, 0.25) is 0 Å². The van der Waals surface area contributed by atoms with Gasteiger partial charge in [-0.05, 0) is 18.6 Å². The van der Waals surface area contributed by atoms with Crippen LogP contribution in [0.15, 0.2) is 35.2 Å². The number of benzene rings is 1. The maximum absolute atomic E-state index is 11.8. The van der Waals surface area contributed by atoms with E-state index in [1.54, 1.807) is 6.92 Å². The Morgan fingerprint density at radius 3 is 2.44 bits per heavy atom. The van der Waals surface area contributed by atoms with Gasteiger partial charge in [-0.25, -0.2) is 8.42 Å². The van der Waals surface area contributed by atoms with Gasteiger partial charge in [-0.1, -0.05) is 25.1 Å². The van der Waals surface area contributed by atoms with Gasteiger partial charge in [0, 0.05) is 10.6 Å². The number of carboxylic acid groups (broad SMARTS) is 1. The molecule has 1 aromatic carbocycles. The standard InChI is InChI=1S/C12H16O4S2/c1-2-11(12(13)14)18(15,16)9-8-17-10-6-4-3-5-7-10/h3-7,11H,2,8-9H2,1H3,(H,13,14). The molecule has 6 heteroatoms. The molecule has 1 unspecified atom stereocenters. The van der Waals surface area contributed by atoms with Gasteiger partial charge in [-0.3, -0.25) is 4.79 Å². The minimum absolute atomic E-state index is 0.105. The Hall–Kier alpha value is -1.01. The molecular formula is C12H16O4S2. The number of sulfone groups is 1. The van der Waals surface area contributed by atoms with Gasteiger partial charge in [0.15, 0.2) is 15.1 Å². The molecule has 1 N–H and O–H groups in total. The molecule has 1 atom stereocenters. The van der Waals surface area contributed by atoms with Gasteiger partial charge in [0.25, 0.3) is 0 Å². The van der Waals surface area contributed by atoms with Crippen molar-refractivity contribution in [3.8, 4) is 0 Å². The lowest BCUT2D eigenvalue weighted by atomic mass is 10.3. The van der Waals surface area contributed by atoms with Crippen LogP contribution < -0.4 is 0 Å². The molecule has 100 valence electrons. The molecule has 0 aliphatic heterocycles. The molecule has 0 heterocycles. The molecule has 0 saturated heterocycles. The van der Waals surface area contributed by atoms with Gasteiger partial charge < -0.3 is 5.11 Å². The second kappa shape index (κ2) is 6.80. The molecule has 0 aromatic heterocycles. The van der Waals surface area contributed by atoms with Crippen molar-refractivity contribution in [1.82, 2.24) is 0 Å². The summed E-state index contributed by atoms with van der Waals surface area (Å²) in [6.45, 7) is 1.57. The first-order valence-corrected chi connectivity index (χ1v) is 8.29. The van der Waals surface area contributed by atoms with E-state index in [4.69, 9.17) is 5.11 Å². The minimum atomic E-state index is -3.56. The predicted molar refractivity (Wildman–Crippen MR) is 72.7 cm³/mol. The van der Waals surface area contributed by atoms with E-state index in [1.807, 2.05) is 30.3 Å². The lowest BCUT2D eigenvalue weighted by molar-refractivity contribution is -0.136. The molecule has 0 fully saturated rings. The first-order chi connectivity index (χ1) is 8.47. The fourth-order valence-electron chi connectivity index (χ4n) is 1.52. The average molecular weight is 288 g/mol. The van der Waals surface area contributed by atoms with Crippen molar-refractivity contribution in [2.75, 3.05) is 11.5 Å². The molecule has 18 heavy (non-hydrogen) atoms. The Kier molecular flexibility index (Phi) is 5.68. The van der Waals surface area contributed by atoms with Gasteiger partial charge in [-0.2, -0.15) is 0 Å². The van der Waals surface area contributed by atoms with Crippen molar-refractivity contribution in [2.45, 2.75) is 23.5 Å². The number of carbonyl (C=O) groups is 1. The fourth-order valence-corrected chi connectivity index (χ4v) is 4.46. The summed E-state index contributed by atoms with van der Waals surface area (Å²) in [5.74, 6) is -1.00. The average Bonchev–Trinajstić information content (AvgIpc) is 2.30. The summed E-state index contributed by atoms with van der Waals surface area (Å²) in [6, 6.07) is 9.43. The van der Waals surface area contributed by atoms with E-state index in [0.717, 1.165) is 4.90 Å². The predicted octanol–water partition coefficient (Wildman–Crippen LogP) is 2.06. The number of thioether (sulfide) groups is 1. The van der Waals surface area contributed by atoms with Crippen molar-refractivity contribution in [3.05, 3.63) is 30.3 Å². The maximum Gasteiger partial charge on any atom is 0.321 e. The minimum Gasteiger partial charge on any atom is -0.480 e. The number of carboxylic acids is 1. The highest BCUT2D eigenvalue weighted by Crippen LogP contribution is 2.18. The van der Waals surface area contributed by atoms with Crippen LogP contribution in [0.3, 0.4) is 0 Å². The monoisotopic (exact) mass is 288 g/mol. The summed E-state index contributed by atoms with van der Waals surface area (Å²) in [7, 11) is -3.56. The lowest BCUT2D eigenvalue weighted by Crippen LogP contribution is -2.32. The number of aliphatic carboxylic acids is 1. The smallest absolute Gasteiger partial charge is 0.321 e. The Labute approximate surface area is 111 Å². The van der Waals surface area contributed by atoms with E-state index in [2.05, 4.69) is 0 Å². The topological polar surface area (TPSA) is 71.4 Å². The SMILES string of the molecule is CCC(C(=O)O)S(=O)(=O)CCSc1ccccc1. The van der Waals surface area contributed by atoms with Gasteiger partial charge in [-0.15, -0.1) is 11.8 Å². The number of rotatable bonds is 7. The normalized spacial score (nSPS) is 13.2. The first-order valence-electron chi connectivity index (χ1n) is 5.59. The van der Waals surface area contributed by atoms with Crippen molar-refractivity contribution in [1.29, 1.82) is 0 Å². The zero-order chi connectivity index (χ0) is 13.6. The van der Waals surface area contributed by atoms with Crippen LogP contribution in [0.5, 0.6) is 0 Å². The highest BCUT2D eigenvalue weighted by atomic mass is 32.2. The summed E-state index contributed by atoms with van der Waals surface area (Å²) in [6.07, 6.45) is 0.105. The molecule has 0 bridgehead atoms. The number of hydrogen-bond donors (Lipinski definition) is 1. The van der Waals surface area contributed by atoms with E-state index in [1.165, 1.54) is 11.8 Å². The fraction of sp³-hybridized carbons (Fsp3) is 0.417. The lowest BCUT2D eigenvalue weighted by Gasteiger charge is -2.10. The third-order valence-corrected chi connectivity index (χ3v) is 5.91. The second-order valence-electron chi connectivity index (χ2n) is 3.76. The molecule has 0 spiro atoms. The van der Waals surface area contributed by atoms with Crippen LogP contribution in [-0.2, 0) is 14.6 Å². The van der Waals surface area contributed by atoms with Gasteiger partial charge >= 0.3 is 5.97 Å². The number of hydrogen-bond acceptors (Lipinski definition) is 4. The Balaban J connectivity index is 2.55. The highest BCUT2D eigenvalue weighted by Gasteiger charge is 2.30. The van der Waals surface area contributed by atoms with Gasteiger partial charge in [0.05, 0.1) is 5.75 Å². The summed E-state index contributed by atoms with van der Waals surface area (Å²) >= 11 is 1.41. The van der Waals surface area contributed by atoms with Crippen LogP contribution in [0.25, 0.3) is 0 Å². The Morgan fingerprint density at radius 2 is 1.94 bits per heavy atom. The summed E-state index contributed by atoms with van der Waals surface area (Å²) in [5.41, 5.74) is 0. The van der Waals surface area contributed by atoms with E-state index in [0.29, 0.717) is 5.75 Å². The molecule has 0 aliphatic rings. The van der Waals surface area contributed by atoms with Crippen LogP contribution in [0, 0.1) is 0 Å². The van der Waals surface area contributed by atoms with Crippen LogP contribution >= 0.6 is 11.8 Å². The van der Waals surface area contributed by atoms with E-state index >= 15 is 0 Å². The quantitative estimate of drug-likeness (QED) is 0.778. The molecule has 0 amide bonds. The van der Waals surface area contributed by atoms with Crippen molar-refractivity contribution in [2.24, 2.45) is 0 Å². The third kappa shape index (κ3) is 4.34. The van der Waals surface area contributed by atoms with E-state index < -0.39 is 21.1 Å². The zero-order valence-electron chi connectivity index (χ0n) is 10.1. The van der Waals surface area contributed by atoms with Crippen molar-refractivity contribution < 1.29 is 18.3 Å². The highest BCUT2D eigenvalue weighted by molar-refractivity contribution is 8.01.